The Kier molecular flexibility index (Phi) is 3.44. The Morgan fingerprint density at radius 2 is 2.14 bits per heavy atom. The number of aromatic nitrogens is 2. The van der Waals surface area contributed by atoms with E-state index in [2.05, 4.69) is 5.10 Å². The van der Waals surface area contributed by atoms with Gasteiger partial charge in [-0.25, -0.2) is 4.79 Å². The van der Waals surface area contributed by atoms with Gasteiger partial charge in [-0.3, -0.25) is 9.48 Å². The lowest BCUT2D eigenvalue weighted by atomic mass is 10.4. The molecule has 1 rings (SSSR count). The van der Waals surface area contributed by atoms with Gasteiger partial charge in [0.15, 0.2) is 5.69 Å². The first-order chi connectivity index (χ1) is 6.50. The van der Waals surface area contributed by atoms with Crippen LogP contribution in [0, 0.1) is 3.57 Å². The first-order valence-corrected chi connectivity index (χ1v) is 4.76. The molecule has 0 aliphatic carbocycles. The number of carboxylic acids is 2. The first kappa shape index (κ1) is 11.0. The molecule has 0 fully saturated rings. The molecule has 0 spiro atoms. The van der Waals surface area contributed by atoms with E-state index in [-0.39, 0.29) is 18.7 Å². The zero-order valence-corrected chi connectivity index (χ0v) is 9.13. The second-order valence-electron chi connectivity index (χ2n) is 2.54. The third kappa shape index (κ3) is 2.69. The van der Waals surface area contributed by atoms with Gasteiger partial charge in [0.25, 0.3) is 0 Å². The normalized spacial score (nSPS) is 10.1. The Hall–Kier alpha value is -1.12. The van der Waals surface area contributed by atoms with Crippen molar-refractivity contribution in [2.24, 2.45) is 0 Å². The molecule has 76 valence electrons. The molecule has 0 aliphatic heterocycles. The van der Waals surface area contributed by atoms with Crippen molar-refractivity contribution in [1.29, 1.82) is 0 Å². The molecule has 6 nitrogen and oxygen atoms in total. The fraction of sp³-hybridized carbons (Fsp3) is 0.286. The number of aryl methyl sites for hydroxylation is 1. The molecule has 7 heteroatoms. The lowest BCUT2D eigenvalue weighted by molar-refractivity contribution is -0.137. The van der Waals surface area contributed by atoms with Gasteiger partial charge in [0.2, 0.25) is 0 Å². The van der Waals surface area contributed by atoms with E-state index in [0.29, 0.717) is 3.57 Å². The highest BCUT2D eigenvalue weighted by molar-refractivity contribution is 14.1. The third-order valence-corrected chi connectivity index (χ3v) is 2.26. The lowest BCUT2D eigenvalue weighted by Crippen LogP contribution is -2.06. The fourth-order valence-electron chi connectivity index (χ4n) is 0.867. The molecule has 0 atom stereocenters. The summed E-state index contributed by atoms with van der Waals surface area (Å²) >= 11 is 1.84. The predicted molar refractivity (Wildman–Crippen MR) is 54.2 cm³/mol. The lowest BCUT2D eigenvalue weighted by Gasteiger charge is -1.95. The molecular formula is C7H7IN2O4. The average Bonchev–Trinajstić information content (AvgIpc) is 2.43. The molecule has 0 radical (unpaired) electrons. The minimum Gasteiger partial charge on any atom is -0.481 e. The van der Waals surface area contributed by atoms with Crippen molar-refractivity contribution in [3.8, 4) is 0 Å². The van der Waals surface area contributed by atoms with E-state index < -0.39 is 11.9 Å². The molecule has 0 saturated heterocycles. The molecule has 0 aromatic carbocycles. The second kappa shape index (κ2) is 4.40. The summed E-state index contributed by atoms with van der Waals surface area (Å²) in [7, 11) is 0. The summed E-state index contributed by atoms with van der Waals surface area (Å²) in [6.07, 6.45) is 1.43. The van der Waals surface area contributed by atoms with E-state index in [9.17, 15) is 9.59 Å². The molecule has 2 N–H and O–H groups in total. The van der Waals surface area contributed by atoms with Gasteiger partial charge >= 0.3 is 11.9 Å². The van der Waals surface area contributed by atoms with Crippen LogP contribution in [0.5, 0.6) is 0 Å². The van der Waals surface area contributed by atoms with Crippen LogP contribution in [0.25, 0.3) is 0 Å². The maximum Gasteiger partial charge on any atom is 0.357 e. The summed E-state index contributed by atoms with van der Waals surface area (Å²) < 4.78 is 1.82. The van der Waals surface area contributed by atoms with Crippen molar-refractivity contribution in [3.63, 3.8) is 0 Å². The molecule has 14 heavy (non-hydrogen) atoms. The van der Waals surface area contributed by atoms with Crippen LogP contribution in [0.4, 0.5) is 0 Å². The highest BCUT2D eigenvalue weighted by atomic mass is 127. The van der Waals surface area contributed by atoms with Crippen LogP contribution in [-0.4, -0.2) is 31.9 Å². The van der Waals surface area contributed by atoms with Gasteiger partial charge in [-0.05, 0) is 22.6 Å². The standard InChI is InChI=1S/C7H7IN2O4/c8-4-3-10(2-1-5(11)12)9-6(4)7(13)14/h3H,1-2H2,(H,11,12)(H,13,14). The number of hydrogen-bond donors (Lipinski definition) is 2. The summed E-state index contributed by atoms with van der Waals surface area (Å²) in [5, 5.41) is 20.8. The molecule has 0 saturated carbocycles. The van der Waals surface area contributed by atoms with Crippen LogP contribution in [0.3, 0.4) is 0 Å². The van der Waals surface area contributed by atoms with E-state index in [1.54, 1.807) is 0 Å². The zero-order valence-electron chi connectivity index (χ0n) is 6.97. The summed E-state index contributed by atoms with van der Waals surface area (Å²) in [6, 6.07) is 0. The monoisotopic (exact) mass is 310 g/mol. The topological polar surface area (TPSA) is 92.4 Å². The first-order valence-electron chi connectivity index (χ1n) is 3.68. The Bertz CT molecular complexity index is 374. The number of aliphatic carboxylic acids is 1. The fourth-order valence-corrected chi connectivity index (χ4v) is 1.53. The Labute approximate surface area is 92.7 Å². The highest BCUT2D eigenvalue weighted by Gasteiger charge is 2.13. The molecule has 0 unspecified atom stereocenters. The largest absolute Gasteiger partial charge is 0.481 e. The number of nitrogens with zero attached hydrogens (tertiary/aromatic N) is 2. The maximum atomic E-state index is 10.6. The summed E-state index contributed by atoms with van der Waals surface area (Å²) in [6.45, 7) is 0.179. The van der Waals surface area contributed by atoms with Gasteiger partial charge < -0.3 is 10.2 Å². The average molecular weight is 310 g/mol. The van der Waals surface area contributed by atoms with Crippen LogP contribution in [0.1, 0.15) is 16.9 Å². The van der Waals surface area contributed by atoms with Crippen LogP contribution >= 0.6 is 22.6 Å². The van der Waals surface area contributed by atoms with E-state index in [1.165, 1.54) is 10.9 Å². The van der Waals surface area contributed by atoms with Gasteiger partial charge in [0.1, 0.15) is 0 Å². The Morgan fingerprint density at radius 1 is 1.50 bits per heavy atom. The van der Waals surface area contributed by atoms with Crippen LogP contribution < -0.4 is 0 Å². The maximum absolute atomic E-state index is 10.6. The van der Waals surface area contributed by atoms with Crippen LogP contribution in [-0.2, 0) is 11.3 Å². The van der Waals surface area contributed by atoms with Crippen LogP contribution in [0.2, 0.25) is 0 Å². The Balaban J connectivity index is 2.76. The number of aromatic carboxylic acids is 1. The molecule has 1 aromatic heterocycles. The highest BCUT2D eigenvalue weighted by Crippen LogP contribution is 2.10. The number of rotatable bonds is 4. The van der Waals surface area contributed by atoms with Gasteiger partial charge in [-0.1, -0.05) is 0 Å². The number of carboxylic acid groups (broad SMARTS) is 2. The van der Waals surface area contributed by atoms with Gasteiger partial charge in [-0.2, -0.15) is 5.10 Å². The molecule has 0 amide bonds. The molecular weight excluding hydrogens is 303 g/mol. The molecule has 1 heterocycles. The van der Waals surface area contributed by atoms with Crippen molar-refractivity contribution in [1.82, 2.24) is 9.78 Å². The van der Waals surface area contributed by atoms with Gasteiger partial charge in [0, 0.05) is 6.20 Å². The zero-order chi connectivity index (χ0) is 10.7. The van der Waals surface area contributed by atoms with E-state index in [0.717, 1.165) is 0 Å². The van der Waals surface area contributed by atoms with E-state index in [1.807, 2.05) is 22.6 Å². The van der Waals surface area contributed by atoms with Crippen molar-refractivity contribution >= 4 is 34.5 Å². The third-order valence-electron chi connectivity index (χ3n) is 1.47. The van der Waals surface area contributed by atoms with Crippen molar-refractivity contribution in [2.75, 3.05) is 0 Å². The smallest absolute Gasteiger partial charge is 0.357 e. The second-order valence-corrected chi connectivity index (χ2v) is 3.70. The van der Waals surface area contributed by atoms with Crippen molar-refractivity contribution < 1.29 is 19.8 Å². The van der Waals surface area contributed by atoms with Gasteiger partial charge in [-0.15, -0.1) is 0 Å². The van der Waals surface area contributed by atoms with E-state index >= 15 is 0 Å². The number of halogens is 1. The van der Waals surface area contributed by atoms with Gasteiger partial charge in [0.05, 0.1) is 16.5 Å². The molecule has 1 aromatic rings. The summed E-state index contributed by atoms with van der Waals surface area (Å²) in [4.78, 5) is 20.8. The van der Waals surface area contributed by atoms with Crippen molar-refractivity contribution in [3.05, 3.63) is 15.5 Å². The number of carbonyl (C=O) groups is 2. The minimum absolute atomic E-state index is 0.0454. The minimum atomic E-state index is -1.11. The SMILES string of the molecule is O=C(O)CCn1cc(I)c(C(=O)O)n1. The van der Waals surface area contributed by atoms with Crippen LogP contribution in [0.15, 0.2) is 6.20 Å². The number of hydrogen-bond acceptors (Lipinski definition) is 3. The summed E-state index contributed by atoms with van der Waals surface area (Å²) in [5.74, 6) is -2.05. The van der Waals surface area contributed by atoms with Crippen molar-refractivity contribution in [2.45, 2.75) is 13.0 Å². The Morgan fingerprint density at radius 3 is 2.57 bits per heavy atom. The summed E-state index contributed by atoms with van der Waals surface area (Å²) in [5.41, 5.74) is -0.0454. The predicted octanol–water partition coefficient (Wildman–Crippen LogP) is 0.661. The quantitative estimate of drug-likeness (QED) is 0.797. The molecule has 0 aliphatic rings. The molecule has 0 bridgehead atoms. The van der Waals surface area contributed by atoms with E-state index in [4.69, 9.17) is 10.2 Å².